The zero-order valence-corrected chi connectivity index (χ0v) is 12.8. The largest absolute Gasteiger partial charge is 0.469 e. The van der Waals surface area contributed by atoms with Crippen LogP contribution >= 0.6 is 0 Å². The number of hydrogen-bond donors (Lipinski definition) is 2. The van der Waals surface area contributed by atoms with Crippen LogP contribution in [0, 0.1) is 5.82 Å². The lowest BCUT2D eigenvalue weighted by Crippen LogP contribution is -2.18. The molecule has 0 bridgehead atoms. The summed E-state index contributed by atoms with van der Waals surface area (Å²) in [6.45, 7) is 0. The van der Waals surface area contributed by atoms with Crippen molar-refractivity contribution >= 4 is 29.2 Å². The summed E-state index contributed by atoms with van der Waals surface area (Å²) in [5.74, 6) is -2.01. The number of ether oxygens (including phenoxy) is 1. The highest BCUT2D eigenvalue weighted by atomic mass is 19.1. The molecule has 2 aromatic carbocycles. The van der Waals surface area contributed by atoms with Crippen LogP contribution in [-0.4, -0.2) is 24.9 Å². The molecule has 6 nitrogen and oxygen atoms in total. The number of benzene rings is 2. The topological polar surface area (TPSA) is 84.5 Å². The lowest BCUT2D eigenvalue weighted by molar-refractivity contribution is -0.142. The number of nitrogens with one attached hydrogen (secondary N) is 2. The summed E-state index contributed by atoms with van der Waals surface area (Å²) in [7, 11) is 1.19. The molecule has 0 aliphatic heterocycles. The smallest absolute Gasteiger partial charge is 0.315 e. The van der Waals surface area contributed by atoms with Crippen LogP contribution in [0.1, 0.15) is 16.8 Å². The standard InChI is InChI=1S/C17H15FN2O4/c1-24-16(22)10-15(21)19-14-4-2-3-11(9-14)17(23)20-13-7-5-12(18)6-8-13/h2-9H,10H2,1H3,(H,19,21)(H,20,23). The van der Waals surface area contributed by atoms with E-state index < -0.39 is 30.0 Å². The van der Waals surface area contributed by atoms with Crippen molar-refractivity contribution in [2.24, 2.45) is 0 Å². The molecule has 7 heteroatoms. The molecule has 2 aromatic rings. The molecular weight excluding hydrogens is 315 g/mol. The molecule has 0 radical (unpaired) electrons. The quantitative estimate of drug-likeness (QED) is 0.652. The maximum atomic E-state index is 12.9. The van der Waals surface area contributed by atoms with Gasteiger partial charge in [0.05, 0.1) is 7.11 Å². The van der Waals surface area contributed by atoms with Gasteiger partial charge in [-0.05, 0) is 42.5 Å². The van der Waals surface area contributed by atoms with E-state index in [0.29, 0.717) is 16.9 Å². The van der Waals surface area contributed by atoms with Gasteiger partial charge in [-0.15, -0.1) is 0 Å². The Morgan fingerprint density at radius 2 is 1.71 bits per heavy atom. The van der Waals surface area contributed by atoms with E-state index in [2.05, 4.69) is 15.4 Å². The number of carbonyl (C=O) groups is 3. The van der Waals surface area contributed by atoms with Crippen molar-refractivity contribution in [3.8, 4) is 0 Å². The number of hydrogen-bond acceptors (Lipinski definition) is 4. The van der Waals surface area contributed by atoms with E-state index in [0.717, 1.165) is 0 Å². The van der Waals surface area contributed by atoms with E-state index in [9.17, 15) is 18.8 Å². The minimum absolute atomic E-state index is 0.301. The third-order valence-corrected chi connectivity index (χ3v) is 3.04. The number of esters is 1. The van der Waals surface area contributed by atoms with Crippen LogP contribution < -0.4 is 10.6 Å². The van der Waals surface area contributed by atoms with E-state index in [-0.39, 0.29) is 0 Å². The summed E-state index contributed by atoms with van der Waals surface area (Å²) in [6.07, 6.45) is -0.414. The van der Waals surface area contributed by atoms with E-state index in [1.165, 1.54) is 37.4 Å². The van der Waals surface area contributed by atoms with Crippen molar-refractivity contribution in [2.75, 3.05) is 17.7 Å². The van der Waals surface area contributed by atoms with Crippen molar-refractivity contribution in [1.82, 2.24) is 0 Å². The molecule has 2 rings (SSSR count). The SMILES string of the molecule is COC(=O)CC(=O)Nc1cccc(C(=O)Nc2ccc(F)cc2)c1. The number of rotatable bonds is 5. The fourth-order valence-electron chi connectivity index (χ4n) is 1.88. The second-order valence-electron chi connectivity index (χ2n) is 4.84. The molecular formula is C17H15FN2O4. The number of halogens is 1. The third-order valence-electron chi connectivity index (χ3n) is 3.04. The fraction of sp³-hybridized carbons (Fsp3) is 0.118. The third kappa shape index (κ3) is 4.91. The maximum Gasteiger partial charge on any atom is 0.315 e. The van der Waals surface area contributed by atoms with Crippen LogP contribution in [0.25, 0.3) is 0 Å². The highest BCUT2D eigenvalue weighted by Gasteiger charge is 2.11. The molecule has 0 unspecified atom stereocenters. The lowest BCUT2D eigenvalue weighted by atomic mass is 10.1. The maximum absolute atomic E-state index is 12.9. The molecule has 124 valence electrons. The van der Waals surface area contributed by atoms with Crippen LogP contribution in [0.4, 0.5) is 15.8 Å². The molecule has 0 saturated carbocycles. The molecule has 24 heavy (non-hydrogen) atoms. The van der Waals surface area contributed by atoms with Gasteiger partial charge in [0.1, 0.15) is 12.2 Å². The summed E-state index contributed by atoms with van der Waals surface area (Å²) in [5, 5.41) is 5.12. The Labute approximate surface area is 137 Å². The first-order valence-corrected chi connectivity index (χ1v) is 7.01. The molecule has 0 aliphatic rings. The summed E-state index contributed by atoms with van der Waals surface area (Å²) >= 11 is 0. The zero-order chi connectivity index (χ0) is 17.5. The van der Waals surface area contributed by atoms with Gasteiger partial charge in [-0.25, -0.2) is 4.39 Å². The van der Waals surface area contributed by atoms with Crippen LogP contribution in [-0.2, 0) is 14.3 Å². The van der Waals surface area contributed by atoms with E-state index in [1.807, 2.05) is 0 Å². The van der Waals surface area contributed by atoms with Crippen LogP contribution in [0.5, 0.6) is 0 Å². The van der Waals surface area contributed by atoms with Crippen LogP contribution in [0.3, 0.4) is 0 Å². The average Bonchev–Trinajstić information content (AvgIpc) is 2.57. The minimum atomic E-state index is -0.655. The van der Waals surface area contributed by atoms with Crippen LogP contribution in [0.2, 0.25) is 0 Å². The van der Waals surface area contributed by atoms with Gasteiger partial charge in [-0.2, -0.15) is 0 Å². The van der Waals surface area contributed by atoms with Gasteiger partial charge < -0.3 is 15.4 Å². The number of amides is 2. The van der Waals surface area contributed by atoms with Crippen molar-refractivity contribution in [3.05, 3.63) is 59.9 Å². The zero-order valence-electron chi connectivity index (χ0n) is 12.8. The highest BCUT2D eigenvalue weighted by Crippen LogP contribution is 2.14. The Balaban J connectivity index is 2.03. The fourth-order valence-corrected chi connectivity index (χ4v) is 1.88. The van der Waals surface area contributed by atoms with Crippen molar-refractivity contribution < 1.29 is 23.5 Å². The number of anilines is 2. The van der Waals surface area contributed by atoms with Crippen molar-refractivity contribution in [1.29, 1.82) is 0 Å². The molecule has 0 atom stereocenters. The van der Waals surface area contributed by atoms with Gasteiger partial charge >= 0.3 is 5.97 Å². The molecule has 0 fully saturated rings. The van der Waals surface area contributed by atoms with Crippen molar-refractivity contribution in [2.45, 2.75) is 6.42 Å². The monoisotopic (exact) mass is 330 g/mol. The normalized spacial score (nSPS) is 9.92. The minimum Gasteiger partial charge on any atom is -0.469 e. The van der Waals surface area contributed by atoms with E-state index in [1.54, 1.807) is 18.2 Å². The molecule has 2 amide bonds. The van der Waals surface area contributed by atoms with Crippen molar-refractivity contribution in [3.63, 3.8) is 0 Å². The predicted molar refractivity (Wildman–Crippen MR) is 86.1 cm³/mol. The second kappa shape index (κ2) is 7.87. The summed E-state index contributed by atoms with van der Waals surface area (Å²) in [6, 6.07) is 11.6. The highest BCUT2D eigenvalue weighted by molar-refractivity contribution is 6.06. The van der Waals surface area contributed by atoms with Gasteiger partial charge in [0.15, 0.2) is 0 Å². The van der Waals surface area contributed by atoms with E-state index in [4.69, 9.17) is 0 Å². The first-order valence-electron chi connectivity index (χ1n) is 7.01. The van der Waals surface area contributed by atoms with E-state index >= 15 is 0 Å². The number of methoxy groups -OCH3 is 1. The number of carbonyl (C=O) groups excluding carboxylic acids is 3. The Hall–Kier alpha value is -3.22. The molecule has 0 aliphatic carbocycles. The molecule has 0 saturated heterocycles. The Morgan fingerprint density at radius 3 is 2.38 bits per heavy atom. The van der Waals surface area contributed by atoms with Gasteiger partial charge in [0.2, 0.25) is 5.91 Å². The first-order chi connectivity index (χ1) is 11.5. The summed E-state index contributed by atoms with van der Waals surface area (Å²) < 4.78 is 17.3. The molecule has 0 aromatic heterocycles. The Morgan fingerprint density at radius 1 is 1.00 bits per heavy atom. The van der Waals surface area contributed by atoms with Crippen LogP contribution in [0.15, 0.2) is 48.5 Å². The second-order valence-corrected chi connectivity index (χ2v) is 4.84. The molecule has 0 heterocycles. The van der Waals surface area contributed by atoms with Gasteiger partial charge in [-0.1, -0.05) is 6.07 Å². The molecule has 0 spiro atoms. The Kier molecular flexibility index (Phi) is 5.62. The summed E-state index contributed by atoms with van der Waals surface area (Å²) in [4.78, 5) is 34.8. The average molecular weight is 330 g/mol. The lowest BCUT2D eigenvalue weighted by Gasteiger charge is -2.08. The van der Waals surface area contributed by atoms with Gasteiger partial charge in [0.25, 0.3) is 5.91 Å². The molecule has 2 N–H and O–H groups in total. The van der Waals surface area contributed by atoms with Gasteiger partial charge in [-0.3, -0.25) is 14.4 Å². The predicted octanol–water partition coefficient (Wildman–Crippen LogP) is 2.58. The Bertz CT molecular complexity index is 759. The van der Waals surface area contributed by atoms with Gasteiger partial charge in [0, 0.05) is 16.9 Å². The first kappa shape index (κ1) is 17.1. The summed E-state index contributed by atoms with van der Waals surface area (Å²) in [5.41, 5.74) is 1.12.